The van der Waals surface area contributed by atoms with Crippen LogP contribution in [0.2, 0.25) is 0 Å². The Morgan fingerprint density at radius 1 is 1.47 bits per heavy atom. The fourth-order valence-electron chi connectivity index (χ4n) is 1.21. The molecule has 0 bridgehead atoms. The molecule has 0 aliphatic rings. The third-order valence-corrected chi connectivity index (χ3v) is 3.91. The minimum atomic E-state index is -3.26. The van der Waals surface area contributed by atoms with Crippen LogP contribution in [0, 0.1) is 0 Å². The van der Waals surface area contributed by atoms with Crippen LogP contribution >= 0.6 is 7.60 Å². The molecule has 15 heavy (non-hydrogen) atoms. The Balaban J connectivity index is 2.81. The summed E-state index contributed by atoms with van der Waals surface area (Å²) in [6.45, 7) is 0. The zero-order valence-electron chi connectivity index (χ0n) is 8.97. The number of carbonyl (C=O) groups excluding carboxylic acids is 1. The average Bonchev–Trinajstić information content (AvgIpc) is 2.64. The van der Waals surface area contributed by atoms with Gasteiger partial charge in [-0.15, -0.1) is 0 Å². The Hall–Kier alpha value is -0.900. The van der Waals surface area contributed by atoms with E-state index >= 15 is 0 Å². The number of aryl methyl sites for hydroxylation is 1. The van der Waals surface area contributed by atoms with Gasteiger partial charge in [-0.2, -0.15) is 0 Å². The van der Waals surface area contributed by atoms with Crippen molar-refractivity contribution in [1.29, 1.82) is 0 Å². The minimum Gasteiger partial charge on any atom is -0.348 e. The van der Waals surface area contributed by atoms with Crippen molar-refractivity contribution in [2.45, 2.75) is 0 Å². The molecule has 6 heteroatoms. The van der Waals surface area contributed by atoms with Gasteiger partial charge in [0.05, 0.1) is 5.69 Å². The molecule has 0 amide bonds. The highest BCUT2D eigenvalue weighted by Crippen LogP contribution is 2.46. The van der Waals surface area contributed by atoms with E-state index in [0.717, 1.165) is 0 Å². The topological polar surface area (TPSA) is 57.5 Å². The molecule has 0 saturated heterocycles. The summed E-state index contributed by atoms with van der Waals surface area (Å²) in [5.74, 6) is -0.255. The number of ketones is 1. The van der Waals surface area contributed by atoms with Crippen LogP contribution < -0.4 is 0 Å². The second-order valence-electron chi connectivity index (χ2n) is 3.06. The third-order valence-electron chi connectivity index (χ3n) is 2.12. The van der Waals surface area contributed by atoms with E-state index < -0.39 is 7.60 Å². The quantitative estimate of drug-likeness (QED) is 0.571. The Morgan fingerprint density at radius 2 is 2.07 bits per heavy atom. The predicted molar refractivity (Wildman–Crippen MR) is 56.2 cm³/mol. The van der Waals surface area contributed by atoms with Gasteiger partial charge in [0.15, 0.2) is 5.78 Å². The Labute approximate surface area is 88.5 Å². The van der Waals surface area contributed by atoms with E-state index in [0.29, 0.717) is 5.69 Å². The number of hydrogen-bond acceptors (Lipinski definition) is 4. The lowest BCUT2D eigenvalue weighted by atomic mass is 10.3. The van der Waals surface area contributed by atoms with Crippen LogP contribution in [-0.4, -0.2) is 30.7 Å². The lowest BCUT2D eigenvalue weighted by Crippen LogP contribution is -2.11. The Bertz CT molecular complexity index is 391. The van der Waals surface area contributed by atoms with E-state index in [1.807, 2.05) is 0 Å². The molecular formula is C9H14NO4P. The summed E-state index contributed by atoms with van der Waals surface area (Å²) in [5, 5.41) is 0. The maximum Gasteiger partial charge on any atom is 0.337 e. The van der Waals surface area contributed by atoms with E-state index in [-0.39, 0.29) is 11.9 Å². The molecule has 84 valence electrons. The van der Waals surface area contributed by atoms with Gasteiger partial charge >= 0.3 is 7.60 Å². The van der Waals surface area contributed by atoms with Gasteiger partial charge in [0.2, 0.25) is 0 Å². The highest BCUT2D eigenvalue weighted by Gasteiger charge is 2.26. The zero-order chi connectivity index (χ0) is 11.5. The largest absolute Gasteiger partial charge is 0.348 e. The smallest absolute Gasteiger partial charge is 0.337 e. The molecule has 1 aromatic heterocycles. The van der Waals surface area contributed by atoms with Gasteiger partial charge in [0, 0.05) is 27.5 Å². The summed E-state index contributed by atoms with van der Waals surface area (Å²) in [5.41, 5.74) is 0.490. The molecule has 0 N–H and O–H groups in total. The molecule has 1 rings (SSSR count). The first-order valence-corrected chi connectivity index (χ1v) is 6.10. The van der Waals surface area contributed by atoms with Crippen LogP contribution in [0.4, 0.5) is 0 Å². The average molecular weight is 231 g/mol. The molecule has 0 saturated carbocycles. The third kappa shape index (κ3) is 2.78. The molecule has 0 aliphatic carbocycles. The lowest BCUT2D eigenvalue weighted by Gasteiger charge is -2.12. The molecule has 0 aliphatic heterocycles. The molecule has 1 aromatic rings. The van der Waals surface area contributed by atoms with Gasteiger partial charge in [0.25, 0.3) is 0 Å². The normalized spacial score (nSPS) is 11.7. The van der Waals surface area contributed by atoms with Crippen molar-refractivity contribution in [1.82, 2.24) is 4.57 Å². The van der Waals surface area contributed by atoms with Gasteiger partial charge in [-0.3, -0.25) is 9.36 Å². The molecule has 0 radical (unpaired) electrons. The highest BCUT2D eigenvalue weighted by molar-refractivity contribution is 7.54. The Morgan fingerprint density at radius 3 is 2.47 bits per heavy atom. The number of aromatic nitrogens is 1. The Kier molecular flexibility index (Phi) is 3.85. The molecule has 0 spiro atoms. The van der Waals surface area contributed by atoms with E-state index in [1.165, 1.54) is 14.2 Å². The molecule has 1 heterocycles. The first-order valence-electron chi connectivity index (χ1n) is 4.37. The molecule has 0 fully saturated rings. The van der Waals surface area contributed by atoms with Crippen molar-refractivity contribution >= 4 is 13.4 Å². The van der Waals surface area contributed by atoms with Crippen molar-refractivity contribution in [3.63, 3.8) is 0 Å². The zero-order valence-corrected chi connectivity index (χ0v) is 9.86. The van der Waals surface area contributed by atoms with Gasteiger partial charge in [-0.25, -0.2) is 0 Å². The molecule has 0 atom stereocenters. The molecule has 5 nitrogen and oxygen atoms in total. The lowest BCUT2D eigenvalue weighted by molar-refractivity contribution is 0.100. The van der Waals surface area contributed by atoms with E-state index in [1.54, 1.807) is 29.9 Å². The fourth-order valence-corrected chi connectivity index (χ4v) is 2.13. The van der Waals surface area contributed by atoms with Crippen LogP contribution in [-0.2, 0) is 20.7 Å². The van der Waals surface area contributed by atoms with Crippen molar-refractivity contribution in [2.24, 2.45) is 7.05 Å². The SMILES string of the molecule is COP(=O)(CC(=O)c1cccn1C)OC. The molecule has 0 unspecified atom stereocenters. The van der Waals surface area contributed by atoms with Crippen LogP contribution in [0.1, 0.15) is 10.5 Å². The highest BCUT2D eigenvalue weighted by atomic mass is 31.2. The van der Waals surface area contributed by atoms with Crippen LogP contribution in [0.15, 0.2) is 18.3 Å². The van der Waals surface area contributed by atoms with Gasteiger partial charge < -0.3 is 13.6 Å². The maximum absolute atomic E-state index is 11.7. The number of carbonyl (C=O) groups is 1. The summed E-state index contributed by atoms with van der Waals surface area (Å²) in [6, 6.07) is 3.41. The first kappa shape index (κ1) is 12.2. The monoisotopic (exact) mass is 231 g/mol. The van der Waals surface area contributed by atoms with Crippen LogP contribution in [0.5, 0.6) is 0 Å². The van der Waals surface area contributed by atoms with Crippen molar-refractivity contribution in [3.8, 4) is 0 Å². The second kappa shape index (κ2) is 4.75. The van der Waals surface area contributed by atoms with Crippen molar-refractivity contribution < 1.29 is 18.4 Å². The number of Topliss-reactive ketones (excluding diaryl/α,β-unsaturated/α-hetero) is 1. The molecular weight excluding hydrogens is 217 g/mol. The summed E-state index contributed by atoms with van der Waals surface area (Å²) in [7, 11) is 1.02. The van der Waals surface area contributed by atoms with Crippen molar-refractivity contribution in [3.05, 3.63) is 24.0 Å². The first-order chi connectivity index (χ1) is 7.02. The maximum atomic E-state index is 11.7. The summed E-state index contributed by atoms with van der Waals surface area (Å²) in [4.78, 5) is 11.7. The molecule has 0 aromatic carbocycles. The standard InChI is InChI=1S/C9H14NO4P/c1-10-6-4-5-8(10)9(11)7-15(12,13-2)14-3/h4-6H,7H2,1-3H3. The van der Waals surface area contributed by atoms with Gasteiger partial charge in [-0.05, 0) is 12.1 Å². The van der Waals surface area contributed by atoms with Crippen LogP contribution in [0.25, 0.3) is 0 Å². The fraction of sp³-hybridized carbons (Fsp3) is 0.444. The second-order valence-corrected chi connectivity index (χ2v) is 5.33. The predicted octanol–water partition coefficient (Wildman–Crippen LogP) is 1.69. The van der Waals surface area contributed by atoms with Gasteiger partial charge in [-0.1, -0.05) is 0 Å². The summed E-state index contributed by atoms with van der Waals surface area (Å²) in [6.07, 6.45) is 1.51. The number of nitrogens with zero attached hydrogens (tertiary/aromatic N) is 1. The summed E-state index contributed by atoms with van der Waals surface area (Å²) >= 11 is 0. The van der Waals surface area contributed by atoms with Crippen molar-refractivity contribution in [2.75, 3.05) is 20.4 Å². The van der Waals surface area contributed by atoms with E-state index in [9.17, 15) is 9.36 Å². The van der Waals surface area contributed by atoms with Gasteiger partial charge in [0.1, 0.15) is 6.16 Å². The number of hydrogen-bond donors (Lipinski definition) is 0. The van der Waals surface area contributed by atoms with E-state index in [4.69, 9.17) is 9.05 Å². The summed E-state index contributed by atoms with van der Waals surface area (Å²) < 4.78 is 22.8. The minimum absolute atomic E-state index is 0.238. The van der Waals surface area contributed by atoms with E-state index in [2.05, 4.69) is 0 Å². The number of rotatable bonds is 5. The van der Waals surface area contributed by atoms with Crippen LogP contribution in [0.3, 0.4) is 0 Å².